The molecule has 0 radical (unpaired) electrons. The molecule has 5 nitrogen and oxygen atoms in total. The van der Waals surface area contributed by atoms with Gasteiger partial charge in [-0.3, -0.25) is 4.57 Å². The van der Waals surface area contributed by atoms with Gasteiger partial charge in [0.25, 0.3) is 0 Å². The summed E-state index contributed by atoms with van der Waals surface area (Å²) < 4.78 is 1.75. The summed E-state index contributed by atoms with van der Waals surface area (Å²) in [5.74, 6) is -0.273. The second-order valence-electron chi connectivity index (χ2n) is 5.05. The van der Waals surface area contributed by atoms with Gasteiger partial charge in [0.05, 0.1) is 11.0 Å². The Hall–Kier alpha value is -2.04. The highest BCUT2D eigenvalue weighted by Gasteiger charge is 2.33. The standard InChI is InChI=1S/C14H19N3O2/c1-4-9-15-13-16-10-7-5-6-8-11(10)17(13)14(2,3)12(18)19/h5-8H,4,9H2,1-3H3,(H,15,16)(H,18,19). The van der Waals surface area contributed by atoms with E-state index in [4.69, 9.17) is 0 Å². The molecular formula is C14H19N3O2. The molecule has 0 spiro atoms. The lowest BCUT2D eigenvalue weighted by molar-refractivity contribution is -0.145. The molecular weight excluding hydrogens is 242 g/mol. The van der Waals surface area contributed by atoms with Gasteiger partial charge >= 0.3 is 5.97 Å². The summed E-state index contributed by atoms with van der Waals surface area (Å²) in [4.78, 5) is 16.0. The molecule has 0 saturated carbocycles. The van der Waals surface area contributed by atoms with E-state index in [0.29, 0.717) is 5.95 Å². The number of hydrogen-bond acceptors (Lipinski definition) is 3. The highest BCUT2D eigenvalue weighted by Crippen LogP contribution is 2.28. The molecule has 1 heterocycles. The van der Waals surface area contributed by atoms with Crippen molar-refractivity contribution in [2.45, 2.75) is 32.7 Å². The number of carbonyl (C=O) groups is 1. The average molecular weight is 261 g/mol. The highest BCUT2D eigenvalue weighted by atomic mass is 16.4. The molecule has 2 N–H and O–H groups in total. The monoisotopic (exact) mass is 261 g/mol. The number of nitrogens with zero attached hydrogens (tertiary/aromatic N) is 2. The molecule has 19 heavy (non-hydrogen) atoms. The third-order valence-corrected chi connectivity index (χ3v) is 3.18. The lowest BCUT2D eigenvalue weighted by Gasteiger charge is -2.24. The second-order valence-corrected chi connectivity index (χ2v) is 5.05. The number of para-hydroxylation sites is 2. The van der Waals surface area contributed by atoms with Gasteiger partial charge in [-0.2, -0.15) is 0 Å². The smallest absolute Gasteiger partial charge is 0.329 e. The maximum Gasteiger partial charge on any atom is 0.329 e. The van der Waals surface area contributed by atoms with Gasteiger partial charge in [-0.25, -0.2) is 9.78 Å². The van der Waals surface area contributed by atoms with Crippen molar-refractivity contribution in [3.05, 3.63) is 24.3 Å². The van der Waals surface area contributed by atoms with Gasteiger partial charge < -0.3 is 10.4 Å². The summed E-state index contributed by atoms with van der Waals surface area (Å²) in [6.45, 7) is 6.18. The first-order valence-electron chi connectivity index (χ1n) is 6.43. The fraction of sp³-hybridized carbons (Fsp3) is 0.429. The summed E-state index contributed by atoms with van der Waals surface area (Å²) in [5, 5.41) is 12.6. The highest BCUT2D eigenvalue weighted by molar-refractivity contribution is 5.84. The van der Waals surface area contributed by atoms with E-state index in [-0.39, 0.29) is 0 Å². The molecule has 0 aliphatic rings. The van der Waals surface area contributed by atoms with Crippen LogP contribution in [-0.2, 0) is 10.3 Å². The van der Waals surface area contributed by atoms with Gasteiger partial charge in [-0.1, -0.05) is 19.1 Å². The van der Waals surface area contributed by atoms with E-state index in [1.54, 1.807) is 18.4 Å². The molecule has 0 fully saturated rings. The molecule has 0 aliphatic heterocycles. The molecule has 0 atom stereocenters. The average Bonchev–Trinajstić information content (AvgIpc) is 2.74. The van der Waals surface area contributed by atoms with Gasteiger partial charge in [-0.15, -0.1) is 0 Å². The fourth-order valence-corrected chi connectivity index (χ4v) is 2.04. The Kier molecular flexibility index (Phi) is 3.46. The van der Waals surface area contributed by atoms with Gasteiger partial charge in [0.15, 0.2) is 0 Å². The fourth-order valence-electron chi connectivity index (χ4n) is 2.04. The zero-order valence-corrected chi connectivity index (χ0v) is 11.5. The first-order chi connectivity index (χ1) is 8.98. The van der Waals surface area contributed by atoms with E-state index in [9.17, 15) is 9.90 Å². The van der Waals surface area contributed by atoms with E-state index in [2.05, 4.69) is 17.2 Å². The third kappa shape index (κ3) is 2.28. The number of carboxylic acids is 1. The van der Waals surface area contributed by atoms with Crippen molar-refractivity contribution in [1.29, 1.82) is 0 Å². The normalized spacial score (nSPS) is 11.7. The Bertz CT molecular complexity index is 602. The van der Waals surface area contributed by atoms with Crippen LogP contribution in [0.1, 0.15) is 27.2 Å². The summed E-state index contributed by atoms with van der Waals surface area (Å²) >= 11 is 0. The van der Waals surface area contributed by atoms with Crippen molar-refractivity contribution in [3.63, 3.8) is 0 Å². The predicted molar refractivity (Wildman–Crippen MR) is 75.5 cm³/mol. The maximum absolute atomic E-state index is 11.5. The van der Waals surface area contributed by atoms with Crippen LogP contribution in [-0.4, -0.2) is 27.2 Å². The van der Waals surface area contributed by atoms with E-state index >= 15 is 0 Å². The van der Waals surface area contributed by atoms with Crippen LogP contribution in [0.4, 0.5) is 5.95 Å². The summed E-state index contributed by atoms with van der Waals surface area (Å²) in [5.41, 5.74) is 0.579. The van der Waals surface area contributed by atoms with Crippen molar-refractivity contribution in [3.8, 4) is 0 Å². The first-order valence-corrected chi connectivity index (χ1v) is 6.43. The first kappa shape index (κ1) is 13.4. The van der Waals surface area contributed by atoms with Crippen LogP contribution in [0.3, 0.4) is 0 Å². The minimum absolute atomic E-state index is 0.607. The number of benzene rings is 1. The quantitative estimate of drug-likeness (QED) is 0.868. The number of imidazole rings is 1. The zero-order chi connectivity index (χ0) is 14.0. The molecule has 0 saturated heterocycles. The number of anilines is 1. The molecule has 0 amide bonds. The van der Waals surface area contributed by atoms with Gasteiger partial charge in [0.1, 0.15) is 5.54 Å². The molecule has 5 heteroatoms. The topological polar surface area (TPSA) is 67.2 Å². The minimum atomic E-state index is -1.05. The van der Waals surface area contributed by atoms with Crippen LogP contribution in [0.15, 0.2) is 24.3 Å². The number of carboxylic acid groups (broad SMARTS) is 1. The molecule has 2 rings (SSSR count). The molecule has 0 unspecified atom stereocenters. The summed E-state index contributed by atoms with van der Waals surface area (Å²) in [6, 6.07) is 7.57. The maximum atomic E-state index is 11.5. The number of nitrogens with one attached hydrogen (secondary N) is 1. The molecule has 1 aromatic carbocycles. The van der Waals surface area contributed by atoms with Crippen LogP contribution >= 0.6 is 0 Å². The summed E-state index contributed by atoms with van der Waals surface area (Å²) in [6.07, 6.45) is 0.955. The van der Waals surface area contributed by atoms with E-state index in [1.807, 2.05) is 24.3 Å². The van der Waals surface area contributed by atoms with Crippen molar-refractivity contribution in [2.24, 2.45) is 0 Å². The Morgan fingerprint density at radius 1 is 1.42 bits per heavy atom. The Labute approximate surface area is 112 Å². The lowest BCUT2D eigenvalue weighted by Crippen LogP contribution is -2.36. The molecule has 1 aromatic heterocycles. The number of rotatable bonds is 5. The van der Waals surface area contributed by atoms with Crippen LogP contribution in [0.25, 0.3) is 11.0 Å². The van der Waals surface area contributed by atoms with Gasteiger partial charge in [-0.05, 0) is 32.4 Å². The molecule has 102 valence electrons. The lowest BCUT2D eigenvalue weighted by atomic mass is 10.1. The number of aromatic nitrogens is 2. The van der Waals surface area contributed by atoms with Crippen LogP contribution in [0, 0.1) is 0 Å². The third-order valence-electron chi connectivity index (χ3n) is 3.18. The van der Waals surface area contributed by atoms with E-state index < -0.39 is 11.5 Å². The minimum Gasteiger partial charge on any atom is -0.480 e. The van der Waals surface area contributed by atoms with E-state index in [1.165, 1.54) is 0 Å². The molecule has 0 aliphatic carbocycles. The Balaban J connectivity index is 2.63. The molecule has 0 bridgehead atoms. The van der Waals surface area contributed by atoms with Gasteiger partial charge in [0.2, 0.25) is 5.95 Å². The van der Waals surface area contributed by atoms with Crippen LogP contribution < -0.4 is 5.32 Å². The Morgan fingerprint density at radius 2 is 2.11 bits per heavy atom. The Morgan fingerprint density at radius 3 is 2.74 bits per heavy atom. The van der Waals surface area contributed by atoms with E-state index in [0.717, 1.165) is 24.0 Å². The number of aliphatic carboxylic acids is 1. The van der Waals surface area contributed by atoms with Crippen molar-refractivity contribution in [1.82, 2.24) is 9.55 Å². The van der Waals surface area contributed by atoms with Crippen molar-refractivity contribution >= 4 is 23.0 Å². The van der Waals surface area contributed by atoms with Gasteiger partial charge in [0, 0.05) is 6.54 Å². The van der Waals surface area contributed by atoms with Crippen LogP contribution in [0.2, 0.25) is 0 Å². The summed E-state index contributed by atoms with van der Waals surface area (Å²) in [7, 11) is 0. The number of fused-ring (bicyclic) bond motifs is 1. The number of hydrogen-bond donors (Lipinski definition) is 2. The SMILES string of the molecule is CCCNc1nc2ccccc2n1C(C)(C)C(=O)O. The van der Waals surface area contributed by atoms with Crippen LogP contribution in [0.5, 0.6) is 0 Å². The van der Waals surface area contributed by atoms with Crippen molar-refractivity contribution < 1.29 is 9.90 Å². The second kappa shape index (κ2) is 4.91. The molecule has 2 aromatic rings. The predicted octanol–water partition coefficient (Wildman–Crippen LogP) is 2.68. The zero-order valence-electron chi connectivity index (χ0n) is 11.5. The largest absolute Gasteiger partial charge is 0.480 e. The van der Waals surface area contributed by atoms with Crippen molar-refractivity contribution in [2.75, 3.05) is 11.9 Å².